The maximum Gasteiger partial charge on any atom is 0.416 e. The van der Waals surface area contributed by atoms with Crippen LogP contribution >= 0.6 is 0 Å². The van der Waals surface area contributed by atoms with Crippen molar-refractivity contribution in [2.24, 2.45) is 0 Å². The van der Waals surface area contributed by atoms with Gasteiger partial charge in [0.05, 0.1) is 16.8 Å². The van der Waals surface area contributed by atoms with Gasteiger partial charge in [0, 0.05) is 23.5 Å². The van der Waals surface area contributed by atoms with E-state index in [-0.39, 0.29) is 24.1 Å². The summed E-state index contributed by atoms with van der Waals surface area (Å²) in [5.74, 6) is -1.76. The number of hydrogen-bond acceptors (Lipinski definition) is 3. The Morgan fingerprint density at radius 2 is 1.61 bits per heavy atom. The summed E-state index contributed by atoms with van der Waals surface area (Å²) in [6.07, 6.45) is -1.48. The number of amides is 2. The number of benzene rings is 3. The summed E-state index contributed by atoms with van der Waals surface area (Å²) in [7, 11) is 0. The molecule has 6 nitrogen and oxygen atoms in total. The number of hydrogen-bond donors (Lipinski definition) is 1. The number of rotatable bonds is 7. The van der Waals surface area contributed by atoms with Gasteiger partial charge in [0.15, 0.2) is 0 Å². The molecule has 10 heteroatoms. The number of halogens is 4. The van der Waals surface area contributed by atoms with Crippen LogP contribution in [0.25, 0.3) is 16.9 Å². The van der Waals surface area contributed by atoms with Crippen molar-refractivity contribution >= 4 is 17.8 Å². The van der Waals surface area contributed by atoms with E-state index in [0.717, 1.165) is 17.7 Å². The standard InChI is InChI=1S/C28H22F4N4O2/c29-23-9-5-4-8-22(23)26(38)35(20-14-15-20)17-25(37)34-27-33-24(18-6-2-1-3-7-18)16-36(27)21-12-10-19(11-13-21)28(30,31)32/h1-13,16,20H,14-15,17H2,(H,33,34,37). The lowest BCUT2D eigenvalue weighted by Gasteiger charge is -2.22. The first kappa shape index (κ1) is 25.2. The average molecular weight is 523 g/mol. The molecule has 1 N–H and O–H groups in total. The molecule has 0 aliphatic heterocycles. The molecule has 0 unspecified atom stereocenters. The normalized spacial score (nSPS) is 13.3. The van der Waals surface area contributed by atoms with Crippen LogP contribution in [-0.4, -0.2) is 38.9 Å². The number of carbonyl (C=O) groups excluding carboxylic acids is 2. The molecule has 4 aromatic rings. The molecular weight excluding hydrogens is 500 g/mol. The molecule has 3 aromatic carbocycles. The van der Waals surface area contributed by atoms with Crippen molar-refractivity contribution in [2.45, 2.75) is 25.1 Å². The SMILES string of the molecule is O=C(CN(C(=O)c1ccccc1F)C1CC1)Nc1nc(-c2ccccc2)cn1-c1ccc(C(F)(F)F)cc1. The second-order valence-corrected chi connectivity index (χ2v) is 8.92. The number of imidazole rings is 1. The molecular formula is C28H22F4N4O2. The second kappa shape index (κ2) is 10.1. The summed E-state index contributed by atoms with van der Waals surface area (Å²) in [5.41, 5.74) is 0.654. The first-order chi connectivity index (χ1) is 18.2. The predicted octanol–water partition coefficient (Wildman–Crippen LogP) is 5.94. The van der Waals surface area contributed by atoms with Crippen molar-refractivity contribution in [3.05, 3.63) is 102 Å². The molecule has 0 spiro atoms. The van der Waals surface area contributed by atoms with Gasteiger partial charge in [-0.1, -0.05) is 42.5 Å². The molecule has 2 amide bonds. The van der Waals surface area contributed by atoms with Gasteiger partial charge in [-0.15, -0.1) is 0 Å². The Labute approximate surface area is 215 Å². The smallest absolute Gasteiger partial charge is 0.326 e. The monoisotopic (exact) mass is 522 g/mol. The van der Waals surface area contributed by atoms with Crippen LogP contribution in [0.4, 0.5) is 23.5 Å². The van der Waals surface area contributed by atoms with Crippen molar-refractivity contribution in [1.29, 1.82) is 0 Å². The minimum atomic E-state index is -4.49. The zero-order valence-electron chi connectivity index (χ0n) is 20.0. The fourth-order valence-corrected chi connectivity index (χ4v) is 4.09. The lowest BCUT2D eigenvalue weighted by molar-refractivity contribution is -0.137. The number of nitrogens with one attached hydrogen (secondary N) is 1. The largest absolute Gasteiger partial charge is 0.416 e. The summed E-state index contributed by atoms with van der Waals surface area (Å²) in [5, 5.41) is 2.68. The fraction of sp³-hybridized carbons (Fsp3) is 0.179. The first-order valence-electron chi connectivity index (χ1n) is 11.9. The molecule has 0 bridgehead atoms. The molecule has 1 aliphatic carbocycles. The Kier molecular flexibility index (Phi) is 6.71. The molecule has 1 heterocycles. The Balaban J connectivity index is 1.43. The van der Waals surface area contributed by atoms with E-state index in [0.29, 0.717) is 24.2 Å². The van der Waals surface area contributed by atoms with Crippen LogP contribution < -0.4 is 5.32 Å². The third-order valence-corrected chi connectivity index (χ3v) is 6.17. The van der Waals surface area contributed by atoms with Crippen LogP contribution in [0.2, 0.25) is 0 Å². The van der Waals surface area contributed by atoms with Gasteiger partial charge in [0.25, 0.3) is 5.91 Å². The van der Waals surface area contributed by atoms with Crippen molar-refractivity contribution in [3.63, 3.8) is 0 Å². The maximum atomic E-state index is 14.2. The van der Waals surface area contributed by atoms with Gasteiger partial charge >= 0.3 is 6.18 Å². The average Bonchev–Trinajstić information content (AvgIpc) is 3.67. The van der Waals surface area contributed by atoms with Crippen molar-refractivity contribution in [1.82, 2.24) is 14.5 Å². The van der Waals surface area contributed by atoms with E-state index < -0.39 is 29.4 Å². The topological polar surface area (TPSA) is 67.2 Å². The van der Waals surface area contributed by atoms with Crippen LogP contribution in [0.15, 0.2) is 85.1 Å². The summed E-state index contributed by atoms with van der Waals surface area (Å²) in [6, 6.07) is 19.0. The highest BCUT2D eigenvalue weighted by Gasteiger charge is 2.35. The van der Waals surface area contributed by atoms with E-state index in [1.54, 1.807) is 12.3 Å². The molecule has 1 aromatic heterocycles. The second-order valence-electron chi connectivity index (χ2n) is 8.92. The van der Waals surface area contributed by atoms with Crippen LogP contribution in [-0.2, 0) is 11.0 Å². The number of alkyl halides is 3. The zero-order valence-corrected chi connectivity index (χ0v) is 20.0. The van der Waals surface area contributed by atoms with E-state index in [1.807, 2.05) is 30.3 Å². The van der Waals surface area contributed by atoms with Gasteiger partial charge in [-0.05, 0) is 49.2 Å². The summed E-state index contributed by atoms with van der Waals surface area (Å²) in [6.45, 7) is -0.335. The molecule has 5 rings (SSSR count). The minimum absolute atomic E-state index is 0.0719. The molecule has 38 heavy (non-hydrogen) atoms. The Morgan fingerprint density at radius 1 is 0.947 bits per heavy atom. The molecule has 0 atom stereocenters. The first-order valence-corrected chi connectivity index (χ1v) is 11.9. The van der Waals surface area contributed by atoms with Gasteiger partial charge in [-0.25, -0.2) is 9.37 Å². The number of aromatic nitrogens is 2. The van der Waals surface area contributed by atoms with Gasteiger partial charge in [0.2, 0.25) is 11.9 Å². The molecule has 194 valence electrons. The third kappa shape index (κ3) is 5.44. The van der Waals surface area contributed by atoms with E-state index >= 15 is 0 Å². The molecule has 1 fully saturated rings. The maximum absolute atomic E-state index is 14.2. The highest BCUT2D eigenvalue weighted by molar-refractivity contribution is 5.99. The van der Waals surface area contributed by atoms with E-state index in [4.69, 9.17) is 0 Å². The van der Waals surface area contributed by atoms with Gasteiger partial charge in [-0.2, -0.15) is 13.2 Å². The van der Waals surface area contributed by atoms with Crippen molar-refractivity contribution < 1.29 is 27.2 Å². The van der Waals surface area contributed by atoms with Gasteiger partial charge < -0.3 is 4.90 Å². The van der Waals surface area contributed by atoms with Crippen molar-refractivity contribution in [2.75, 3.05) is 11.9 Å². The Morgan fingerprint density at radius 3 is 2.24 bits per heavy atom. The molecule has 1 aliphatic rings. The number of carbonyl (C=O) groups is 2. The lowest BCUT2D eigenvalue weighted by Crippen LogP contribution is -2.40. The quantitative estimate of drug-likeness (QED) is 0.306. The molecule has 1 saturated carbocycles. The zero-order chi connectivity index (χ0) is 26.9. The van der Waals surface area contributed by atoms with Crippen LogP contribution in [0.3, 0.4) is 0 Å². The van der Waals surface area contributed by atoms with Crippen LogP contribution in [0, 0.1) is 5.82 Å². The number of anilines is 1. The summed E-state index contributed by atoms with van der Waals surface area (Å²) < 4.78 is 54.9. The van der Waals surface area contributed by atoms with E-state index in [1.165, 1.54) is 39.8 Å². The predicted molar refractivity (Wildman–Crippen MR) is 133 cm³/mol. The summed E-state index contributed by atoms with van der Waals surface area (Å²) in [4.78, 5) is 31.9. The van der Waals surface area contributed by atoms with E-state index in [9.17, 15) is 27.2 Å². The van der Waals surface area contributed by atoms with Crippen molar-refractivity contribution in [3.8, 4) is 16.9 Å². The third-order valence-electron chi connectivity index (χ3n) is 6.17. The molecule has 0 saturated heterocycles. The Bertz CT molecular complexity index is 1460. The minimum Gasteiger partial charge on any atom is -0.326 e. The fourth-order valence-electron chi connectivity index (χ4n) is 4.09. The number of nitrogens with zero attached hydrogens (tertiary/aromatic N) is 3. The van der Waals surface area contributed by atoms with Crippen LogP contribution in [0.1, 0.15) is 28.8 Å². The lowest BCUT2D eigenvalue weighted by atomic mass is 10.2. The van der Waals surface area contributed by atoms with Gasteiger partial charge in [-0.3, -0.25) is 19.5 Å². The summed E-state index contributed by atoms with van der Waals surface area (Å²) >= 11 is 0. The Hall–Kier alpha value is -4.47. The van der Waals surface area contributed by atoms with E-state index in [2.05, 4.69) is 10.3 Å². The van der Waals surface area contributed by atoms with Gasteiger partial charge in [0.1, 0.15) is 12.4 Å². The molecule has 0 radical (unpaired) electrons. The van der Waals surface area contributed by atoms with Crippen LogP contribution in [0.5, 0.6) is 0 Å². The highest BCUT2D eigenvalue weighted by Crippen LogP contribution is 2.31. The highest BCUT2D eigenvalue weighted by atomic mass is 19.4.